The SMILES string of the molecule is CCCN1CCCC[C@H](N(C(=O)C2CCC(C)CC2)c2cc(C#CC(C)(C)C)sc2C(=O)OC)C1=O. The molecule has 7 heteroatoms. The molecule has 3 rings (SSSR count). The molecule has 6 nitrogen and oxygen atoms in total. The number of nitrogens with zero attached hydrogens (tertiary/aromatic N) is 2. The third kappa shape index (κ3) is 6.91. The molecule has 198 valence electrons. The normalized spacial score (nSPS) is 22.9. The van der Waals surface area contributed by atoms with E-state index in [0.717, 1.165) is 44.9 Å². The van der Waals surface area contributed by atoms with E-state index in [2.05, 4.69) is 25.7 Å². The Hall–Kier alpha value is -2.33. The first-order valence-corrected chi connectivity index (χ1v) is 14.2. The van der Waals surface area contributed by atoms with E-state index in [9.17, 15) is 14.4 Å². The van der Waals surface area contributed by atoms with Crippen molar-refractivity contribution >= 4 is 34.8 Å². The van der Waals surface area contributed by atoms with Gasteiger partial charge in [0.25, 0.3) is 0 Å². The summed E-state index contributed by atoms with van der Waals surface area (Å²) >= 11 is 1.24. The molecule has 1 saturated heterocycles. The van der Waals surface area contributed by atoms with Gasteiger partial charge in [0, 0.05) is 24.4 Å². The quantitative estimate of drug-likeness (QED) is 0.351. The smallest absolute Gasteiger partial charge is 0.350 e. The van der Waals surface area contributed by atoms with Gasteiger partial charge in [-0.05, 0) is 84.1 Å². The zero-order valence-electron chi connectivity index (χ0n) is 22.8. The number of esters is 1. The maximum absolute atomic E-state index is 14.2. The molecule has 1 aliphatic carbocycles. The Morgan fingerprint density at radius 1 is 1.17 bits per heavy atom. The molecule has 1 aliphatic heterocycles. The van der Waals surface area contributed by atoms with Gasteiger partial charge in [-0.2, -0.15) is 0 Å². The van der Waals surface area contributed by atoms with Crippen molar-refractivity contribution in [3.05, 3.63) is 15.8 Å². The Balaban J connectivity index is 2.12. The van der Waals surface area contributed by atoms with Crippen LogP contribution in [0.2, 0.25) is 0 Å². The van der Waals surface area contributed by atoms with E-state index in [1.165, 1.54) is 18.4 Å². The number of amides is 2. The number of ether oxygens (including phenoxy) is 1. The maximum atomic E-state index is 14.2. The van der Waals surface area contributed by atoms with E-state index >= 15 is 0 Å². The number of methoxy groups -OCH3 is 1. The lowest BCUT2D eigenvalue weighted by molar-refractivity contribution is -0.135. The number of carbonyl (C=O) groups is 3. The molecule has 2 aliphatic rings. The van der Waals surface area contributed by atoms with Crippen LogP contribution in [0.1, 0.15) is 101 Å². The summed E-state index contributed by atoms with van der Waals surface area (Å²) in [4.78, 5) is 45.5. The van der Waals surface area contributed by atoms with Gasteiger partial charge in [0.05, 0.1) is 17.7 Å². The molecule has 1 atom stereocenters. The van der Waals surface area contributed by atoms with Crippen LogP contribution in [0.5, 0.6) is 0 Å². The van der Waals surface area contributed by atoms with Gasteiger partial charge in [0.2, 0.25) is 11.8 Å². The summed E-state index contributed by atoms with van der Waals surface area (Å²) in [5.74, 6) is 6.31. The highest BCUT2D eigenvalue weighted by atomic mass is 32.1. The minimum atomic E-state index is -0.618. The second kappa shape index (κ2) is 12.3. The fourth-order valence-corrected chi connectivity index (χ4v) is 5.99. The van der Waals surface area contributed by atoms with Gasteiger partial charge in [0.15, 0.2) is 0 Å². The summed E-state index contributed by atoms with van der Waals surface area (Å²) in [6.07, 6.45) is 6.85. The standard InChI is InChI=1S/C29H42N2O4S/c1-7-17-30-18-9-8-10-23(27(30)33)31(26(32)21-13-11-20(2)12-14-21)24-19-22(15-16-29(3,4)5)36-25(24)28(34)35-6/h19-21,23H,7-14,17-18H2,1-6H3/t20?,21?,23-/m0/s1. The molecule has 0 N–H and O–H groups in total. The van der Waals surface area contributed by atoms with Gasteiger partial charge in [-0.3, -0.25) is 14.5 Å². The van der Waals surface area contributed by atoms with Gasteiger partial charge >= 0.3 is 5.97 Å². The highest BCUT2D eigenvalue weighted by molar-refractivity contribution is 7.15. The van der Waals surface area contributed by atoms with Crippen LogP contribution in [0.3, 0.4) is 0 Å². The third-order valence-corrected chi connectivity index (χ3v) is 8.08. The van der Waals surface area contributed by atoms with Crippen molar-refractivity contribution < 1.29 is 19.1 Å². The molecule has 0 unspecified atom stereocenters. The molecule has 1 aromatic heterocycles. The Bertz CT molecular complexity index is 1000. The van der Waals surface area contributed by atoms with Crippen LogP contribution in [0.15, 0.2) is 6.07 Å². The maximum Gasteiger partial charge on any atom is 0.350 e. The zero-order valence-corrected chi connectivity index (χ0v) is 23.6. The number of hydrogen-bond acceptors (Lipinski definition) is 5. The van der Waals surface area contributed by atoms with Crippen LogP contribution in [0.4, 0.5) is 5.69 Å². The van der Waals surface area contributed by atoms with Crippen molar-refractivity contribution in [2.45, 2.75) is 92.0 Å². The van der Waals surface area contributed by atoms with Crippen LogP contribution in [0, 0.1) is 29.1 Å². The molecule has 2 amide bonds. The van der Waals surface area contributed by atoms with E-state index < -0.39 is 12.0 Å². The monoisotopic (exact) mass is 514 g/mol. The van der Waals surface area contributed by atoms with E-state index in [0.29, 0.717) is 40.9 Å². The lowest BCUT2D eigenvalue weighted by atomic mass is 9.82. The van der Waals surface area contributed by atoms with Crippen LogP contribution in [0.25, 0.3) is 0 Å². The van der Waals surface area contributed by atoms with Crippen LogP contribution < -0.4 is 4.90 Å². The Kier molecular flexibility index (Phi) is 9.63. The van der Waals surface area contributed by atoms with Crippen molar-refractivity contribution in [3.63, 3.8) is 0 Å². The lowest BCUT2D eigenvalue weighted by Gasteiger charge is -2.36. The minimum Gasteiger partial charge on any atom is -0.465 e. The molecule has 0 spiro atoms. The molecule has 0 bridgehead atoms. The van der Waals surface area contributed by atoms with Crippen LogP contribution in [-0.4, -0.2) is 48.9 Å². The van der Waals surface area contributed by atoms with Gasteiger partial charge in [-0.15, -0.1) is 11.3 Å². The van der Waals surface area contributed by atoms with Gasteiger partial charge in [0.1, 0.15) is 10.9 Å². The molecule has 2 heterocycles. The Labute approximate surface area is 220 Å². The first-order valence-electron chi connectivity index (χ1n) is 13.4. The molecular weight excluding hydrogens is 472 g/mol. The highest BCUT2D eigenvalue weighted by Crippen LogP contribution is 2.38. The molecule has 0 aromatic carbocycles. The van der Waals surface area contributed by atoms with Crippen molar-refractivity contribution in [2.75, 3.05) is 25.1 Å². The van der Waals surface area contributed by atoms with Crippen molar-refractivity contribution in [2.24, 2.45) is 17.3 Å². The molecule has 0 radical (unpaired) electrons. The third-order valence-electron chi connectivity index (χ3n) is 7.06. The summed E-state index contributed by atoms with van der Waals surface area (Å²) in [5.41, 5.74) is 0.271. The largest absolute Gasteiger partial charge is 0.465 e. The number of rotatable bonds is 6. The predicted octanol–water partition coefficient (Wildman–Crippen LogP) is 5.88. The van der Waals surface area contributed by atoms with Gasteiger partial charge in [-0.1, -0.05) is 25.7 Å². The Morgan fingerprint density at radius 3 is 2.47 bits per heavy atom. The van der Waals surface area contributed by atoms with Crippen molar-refractivity contribution in [1.29, 1.82) is 0 Å². The molecular formula is C29H42N2O4S. The predicted molar refractivity (Wildman–Crippen MR) is 145 cm³/mol. The first kappa shape index (κ1) is 28.2. The number of likely N-dealkylation sites (tertiary alicyclic amines) is 1. The summed E-state index contributed by atoms with van der Waals surface area (Å²) in [6, 6.07) is 1.20. The fraction of sp³-hybridized carbons (Fsp3) is 0.690. The number of carbonyl (C=O) groups excluding carboxylic acids is 3. The summed E-state index contributed by atoms with van der Waals surface area (Å²) in [7, 11) is 1.35. The second-order valence-electron chi connectivity index (χ2n) is 11.3. The number of hydrogen-bond donors (Lipinski definition) is 0. The number of thiophene rings is 1. The second-order valence-corrected chi connectivity index (χ2v) is 12.4. The van der Waals surface area contributed by atoms with E-state index in [1.807, 2.05) is 31.7 Å². The average molecular weight is 515 g/mol. The van der Waals surface area contributed by atoms with Crippen LogP contribution >= 0.6 is 11.3 Å². The summed E-state index contributed by atoms with van der Waals surface area (Å²) in [6.45, 7) is 11.8. The molecule has 1 saturated carbocycles. The molecule has 2 fully saturated rings. The topological polar surface area (TPSA) is 66.9 Å². The molecule has 36 heavy (non-hydrogen) atoms. The molecule has 1 aromatic rings. The highest BCUT2D eigenvalue weighted by Gasteiger charge is 2.40. The average Bonchev–Trinajstić information content (AvgIpc) is 3.18. The van der Waals surface area contributed by atoms with E-state index in [4.69, 9.17) is 4.74 Å². The van der Waals surface area contributed by atoms with E-state index in [1.54, 1.807) is 4.90 Å². The van der Waals surface area contributed by atoms with Gasteiger partial charge in [-0.25, -0.2) is 4.79 Å². The lowest BCUT2D eigenvalue weighted by Crippen LogP contribution is -2.52. The van der Waals surface area contributed by atoms with Crippen LogP contribution in [-0.2, 0) is 14.3 Å². The fourth-order valence-electron chi connectivity index (χ4n) is 5.07. The Morgan fingerprint density at radius 2 is 1.86 bits per heavy atom. The zero-order chi connectivity index (χ0) is 26.5. The van der Waals surface area contributed by atoms with E-state index in [-0.39, 0.29) is 23.1 Å². The van der Waals surface area contributed by atoms with Crippen molar-refractivity contribution in [1.82, 2.24) is 4.90 Å². The first-order chi connectivity index (χ1) is 17.1. The minimum absolute atomic E-state index is 0.0174. The van der Waals surface area contributed by atoms with Gasteiger partial charge < -0.3 is 9.64 Å². The van der Waals surface area contributed by atoms with Crippen molar-refractivity contribution in [3.8, 4) is 11.8 Å². The number of anilines is 1. The summed E-state index contributed by atoms with van der Waals surface area (Å²) in [5, 5.41) is 0. The summed E-state index contributed by atoms with van der Waals surface area (Å²) < 4.78 is 5.11.